The van der Waals surface area contributed by atoms with E-state index in [0.29, 0.717) is 0 Å². The maximum absolute atomic E-state index is 5.17. The normalized spacial score (nSPS) is 8.93. The molecule has 1 aromatic rings. The summed E-state index contributed by atoms with van der Waals surface area (Å²) >= 11 is 1.73. The molecule has 0 aromatic heterocycles. The summed E-state index contributed by atoms with van der Waals surface area (Å²) in [5, 5.41) is 0. The summed E-state index contributed by atoms with van der Waals surface area (Å²) in [6, 6.07) is 6.23. The van der Waals surface area contributed by atoms with Crippen molar-refractivity contribution in [1.29, 1.82) is 0 Å². The molecule has 80 valence electrons. The van der Waals surface area contributed by atoms with Crippen molar-refractivity contribution in [2.24, 2.45) is 0 Å². The fourth-order valence-corrected chi connectivity index (χ4v) is 1.36. The summed E-state index contributed by atoms with van der Waals surface area (Å²) < 4.78 is 5.17. The number of benzene rings is 1. The molecule has 1 aromatic carbocycles. The number of aryl methyl sites for hydroxylation is 1. The van der Waals surface area contributed by atoms with Gasteiger partial charge in [-0.2, -0.15) is 0 Å². The highest BCUT2D eigenvalue weighted by atomic mass is 32.2. The summed E-state index contributed by atoms with van der Waals surface area (Å²) in [5.74, 6) is 0.969. The highest BCUT2D eigenvalue weighted by Gasteiger charge is 1.97. The van der Waals surface area contributed by atoms with Gasteiger partial charge in [0.2, 0.25) is 0 Å². The SMILES string of the molecule is CCC.COc1cc(SC)ccc1C. The lowest BCUT2D eigenvalue weighted by Crippen LogP contribution is -1.86. The second-order valence-corrected chi connectivity index (χ2v) is 3.92. The average molecular weight is 212 g/mol. The first-order valence-corrected chi connectivity index (χ1v) is 6.10. The van der Waals surface area contributed by atoms with Crippen molar-refractivity contribution < 1.29 is 4.74 Å². The third kappa shape index (κ3) is 4.56. The molecule has 0 aliphatic heterocycles. The van der Waals surface area contributed by atoms with Gasteiger partial charge in [-0.3, -0.25) is 0 Å². The minimum absolute atomic E-state index is 0.969. The predicted molar refractivity (Wildman–Crippen MR) is 65.5 cm³/mol. The Labute approximate surface area is 91.9 Å². The van der Waals surface area contributed by atoms with Crippen LogP contribution in [-0.4, -0.2) is 13.4 Å². The van der Waals surface area contributed by atoms with Gasteiger partial charge < -0.3 is 4.74 Å². The fraction of sp³-hybridized carbons (Fsp3) is 0.500. The zero-order chi connectivity index (χ0) is 11.0. The van der Waals surface area contributed by atoms with Crippen LogP contribution in [0.25, 0.3) is 0 Å². The van der Waals surface area contributed by atoms with Crippen LogP contribution in [0.3, 0.4) is 0 Å². The topological polar surface area (TPSA) is 9.23 Å². The van der Waals surface area contributed by atoms with Gasteiger partial charge in [-0.25, -0.2) is 0 Å². The molecule has 0 amide bonds. The van der Waals surface area contributed by atoms with Crippen molar-refractivity contribution in [3.63, 3.8) is 0 Å². The molecule has 0 aliphatic rings. The fourth-order valence-electron chi connectivity index (χ4n) is 0.927. The second-order valence-electron chi connectivity index (χ2n) is 3.04. The number of hydrogen-bond donors (Lipinski definition) is 0. The van der Waals surface area contributed by atoms with Crippen molar-refractivity contribution >= 4 is 11.8 Å². The summed E-state index contributed by atoms with van der Waals surface area (Å²) in [7, 11) is 1.70. The standard InChI is InChI=1S/C9H12OS.C3H8/c1-7-4-5-8(11-3)6-9(7)10-2;1-3-2/h4-6H,1-3H3;3H2,1-2H3. The molecule has 1 nitrogen and oxygen atoms in total. The molecule has 1 rings (SSSR count). The maximum atomic E-state index is 5.17. The van der Waals surface area contributed by atoms with E-state index >= 15 is 0 Å². The van der Waals surface area contributed by atoms with Crippen molar-refractivity contribution in [2.45, 2.75) is 32.1 Å². The average Bonchev–Trinajstić information content (AvgIpc) is 2.20. The van der Waals surface area contributed by atoms with Crippen LogP contribution in [-0.2, 0) is 0 Å². The molecule has 0 heterocycles. The van der Waals surface area contributed by atoms with Gasteiger partial charge in [-0.1, -0.05) is 26.3 Å². The van der Waals surface area contributed by atoms with E-state index in [4.69, 9.17) is 4.74 Å². The Hall–Kier alpha value is -0.630. The van der Waals surface area contributed by atoms with Gasteiger partial charge in [0, 0.05) is 4.90 Å². The molecule has 0 bridgehead atoms. The van der Waals surface area contributed by atoms with Crippen LogP contribution in [0.1, 0.15) is 25.8 Å². The largest absolute Gasteiger partial charge is 0.496 e. The molecule has 2 heteroatoms. The van der Waals surface area contributed by atoms with Gasteiger partial charge in [-0.05, 0) is 30.9 Å². The molecule has 0 radical (unpaired) electrons. The molecule has 0 saturated heterocycles. The Balaban J connectivity index is 0.000000500. The van der Waals surface area contributed by atoms with Crippen LogP contribution in [0.2, 0.25) is 0 Å². The number of thioether (sulfide) groups is 1. The minimum Gasteiger partial charge on any atom is -0.496 e. The number of hydrogen-bond acceptors (Lipinski definition) is 2. The van der Waals surface area contributed by atoms with Gasteiger partial charge >= 0.3 is 0 Å². The van der Waals surface area contributed by atoms with Gasteiger partial charge in [-0.15, -0.1) is 11.8 Å². The van der Waals surface area contributed by atoms with E-state index in [1.54, 1.807) is 18.9 Å². The Bertz CT molecular complexity index is 258. The zero-order valence-electron chi connectivity index (χ0n) is 9.76. The van der Waals surface area contributed by atoms with Crippen molar-refractivity contribution in [1.82, 2.24) is 0 Å². The zero-order valence-corrected chi connectivity index (χ0v) is 10.6. The van der Waals surface area contributed by atoms with Crippen molar-refractivity contribution in [3.8, 4) is 5.75 Å². The molecular weight excluding hydrogens is 192 g/mol. The highest BCUT2D eigenvalue weighted by Crippen LogP contribution is 2.24. The van der Waals surface area contributed by atoms with Crippen molar-refractivity contribution in [2.75, 3.05) is 13.4 Å². The minimum atomic E-state index is 0.969. The molecule has 0 spiro atoms. The third-order valence-corrected chi connectivity index (χ3v) is 2.34. The first-order valence-electron chi connectivity index (χ1n) is 4.88. The molecule has 0 aliphatic carbocycles. The Morgan fingerprint density at radius 1 is 1.29 bits per heavy atom. The number of methoxy groups -OCH3 is 1. The quantitative estimate of drug-likeness (QED) is 0.681. The molecule has 0 unspecified atom stereocenters. The first-order chi connectivity index (χ1) is 6.69. The summed E-state index contributed by atoms with van der Waals surface area (Å²) in [6.45, 7) is 6.29. The van der Waals surface area contributed by atoms with E-state index in [0.717, 1.165) is 5.75 Å². The van der Waals surface area contributed by atoms with E-state index in [1.807, 2.05) is 6.92 Å². The van der Waals surface area contributed by atoms with Gasteiger partial charge in [0.15, 0.2) is 0 Å². The van der Waals surface area contributed by atoms with Crippen molar-refractivity contribution in [3.05, 3.63) is 23.8 Å². The first kappa shape index (κ1) is 13.4. The van der Waals surface area contributed by atoms with E-state index in [1.165, 1.54) is 16.9 Å². The third-order valence-electron chi connectivity index (χ3n) is 1.62. The summed E-state index contributed by atoms with van der Waals surface area (Å²) in [4.78, 5) is 1.24. The van der Waals surface area contributed by atoms with Crippen LogP contribution in [0.4, 0.5) is 0 Å². The van der Waals surface area contributed by atoms with Crippen LogP contribution in [0.15, 0.2) is 23.1 Å². The van der Waals surface area contributed by atoms with E-state index in [-0.39, 0.29) is 0 Å². The highest BCUT2D eigenvalue weighted by molar-refractivity contribution is 7.98. The molecular formula is C12H20OS. The predicted octanol–water partition coefficient (Wildman–Crippen LogP) is 4.14. The lowest BCUT2D eigenvalue weighted by molar-refractivity contribution is 0.410. The van der Waals surface area contributed by atoms with Crippen LogP contribution >= 0.6 is 11.8 Å². The van der Waals surface area contributed by atoms with Crippen LogP contribution in [0.5, 0.6) is 5.75 Å². The van der Waals surface area contributed by atoms with Gasteiger partial charge in [0.05, 0.1) is 7.11 Å². The van der Waals surface area contributed by atoms with Gasteiger partial charge in [0.25, 0.3) is 0 Å². The molecule has 0 atom stereocenters. The Morgan fingerprint density at radius 3 is 2.29 bits per heavy atom. The van der Waals surface area contributed by atoms with Crippen LogP contribution < -0.4 is 4.74 Å². The lowest BCUT2D eigenvalue weighted by atomic mass is 10.2. The van der Waals surface area contributed by atoms with E-state index in [9.17, 15) is 0 Å². The Kier molecular flexibility index (Phi) is 7.40. The maximum Gasteiger partial charge on any atom is 0.122 e. The lowest BCUT2D eigenvalue weighted by Gasteiger charge is -2.04. The second kappa shape index (κ2) is 7.74. The van der Waals surface area contributed by atoms with E-state index < -0.39 is 0 Å². The molecule has 0 fully saturated rings. The Morgan fingerprint density at radius 2 is 1.86 bits per heavy atom. The molecule has 0 N–H and O–H groups in total. The molecule has 14 heavy (non-hydrogen) atoms. The van der Waals surface area contributed by atoms with E-state index in [2.05, 4.69) is 38.3 Å². The molecule has 0 saturated carbocycles. The number of rotatable bonds is 2. The van der Waals surface area contributed by atoms with Gasteiger partial charge in [0.1, 0.15) is 5.75 Å². The number of ether oxygens (including phenoxy) is 1. The summed E-state index contributed by atoms with van der Waals surface area (Å²) in [6.07, 6.45) is 3.31. The van der Waals surface area contributed by atoms with Crippen LogP contribution in [0, 0.1) is 6.92 Å². The smallest absolute Gasteiger partial charge is 0.122 e. The monoisotopic (exact) mass is 212 g/mol. The summed E-state index contributed by atoms with van der Waals surface area (Å²) in [5.41, 5.74) is 1.19.